The summed E-state index contributed by atoms with van der Waals surface area (Å²) in [4.78, 5) is 13.0. The van der Waals surface area contributed by atoms with Gasteiger partial charge in [0.2, 0.25) is 0 Å². The summed E-state index contributed by atoms with van der Waals surface area (Å²) in [6.07, 6.45) is 2.64. The number of carbonyl (C=O) groups is 1. The normalized spacial score (nSPS) is 17.6. The first-order chi connectivity index (χ1) is 9.66. The lowest BCUT2D eigenvalue weighted by Crippen LogP contribution is -2.41. The molecule has 1 aliphatic heterocycles. The number of methoxy groups -OCH3 is 2. The van der Waals surface area contributed by atoms with Crippen molar-refractivity contribution >= 4 is 5.78 Å². The maximum absolute atomic E-state index is 13.0. The van der Waals surface area contributed by atoms with Gasteiger partial charge in [0.1, 0.15) is 11.5 Å². The molecule has 110 valence electrons. The van der Waals surface area contributed by atoms with E-state index >= 15 is 0 Å². The van der Waals surface area contributed by atoms with Gasteiger partial charge in [-0.3, -0.25) is 4.79 Å². The highest BCUT2D eigenvalue weighted by Crippen LogP contribution is 2.39. The van der Waals surface area contributed by atoms with Crippen molar-refractivity contribution in [3.05, 3.63) is 23.8 Å². The van der Waals surface area contributed by atoms with Crippen LogP contribution in [0, 0.1) is 5.41 Å². The molecule has 1 aliphatic rings. The summed E-state index contributed by atoms with van der Waals surface area (Å²) in [6.45, 7) is 3.90. The van der Waals surface area contributed by atoms with Gasteiger partial charge in [-0.05, 0) is 44.5 Å². The highest BCUT2D eigenvalue weighted by atomic mass is 16.5. The molecule has 0 bridgehead atoms. The fourth-order valence-corrected chi connectivity index (χ4v) is 2.92. The molecule has 0 radical (unpaired) electrons. The average Bonchev–Trinajstić information content (AvgIpc) is 2.54. The largest absolute Gasteiger partial charge is 0.497 e. The van der Waals surface area contributed by atoms with E-state index in [-0.39, 0.29) is 11.2 Å². The van der Waals surface area contributed by atoms with Gasteiger partial charge in [-0.2, -0.15) is 0 Å². The van der Waals surface area contributed by atoms with Crippen LogP contribution in [0.5, 0.6) is 11.5 Å². The van der Waals surface area contributed by atoms with Gasteiger partial charge in [-0.1, -0.05) is 6.92 Å². The Morgan fingerprint density at radius 2 is 1.95 bits per heavy atom. The third-order valence-electron chi connectivity index (χ3n) is 4.37. The number of rotatable bonds is 5. The number of carbonyl (C=O) groups excluding carboxylic acids is 1. The fraction of sp³-hybridized carbons (Fsp3) is 0.562. The predicted octanol–water partition coefficient (Wildman–Crippen LogP) is 2.67. The van der Waals surface area contributed by atoms with E-state index < -0.39 is 0 Å². The van der Waals surface area contributed by atoms with Crippen LogP contribution in [0.4, 0.5) is 0 Å². The minimum atomic E-state index is -0.257. The first-order valence-electron chi connectivity index (χ1n) is 7.14. The van der Waals surface area contributed by atoms with E-state index in [1.54, 1.807) is 20.3 Å². The monoisotopic (exact) mass is 277 g/mol. The van der Waals surface area contributed by atoms with Crippen molar-refractivity contribution in [3.8, 4) is 11.5 Å². The molecule has 0 aromatic heterocycles. The zero-order valence-electron chi connectivity index (χ0n) is 12.5. The number of benzene rings is 1. The maximum atomic E-state index is 13.0. The van der Waals surface area contributed by atoms with Crippen molar-refractivity contribution in [1.82, 2.24) is 5.32 Å². The smallest absolute Gasteiger partial charge is 0.172 e. The van der Waals surface area contributed by atoms with Crippen LogP contribution in [-0.4, -0.2) is 33.1 Å². The molecule has 0 amide bonds. The minimum Gasteiger partial charge on any atom is -0.497 e. The molecule has 0 aliphatic carbocycles. The zero-order chi connectivity index (χ0) is 14.6. The van der Waals surface area contributed by atoms with Gasteiger partial charge in [0.05, 0.1) is 19.8 Å². The van der Waals surface area contributed by atoms with Crippen molar-refractivity contribution in [3.63, 3.8) is 0 Å². The molecule has 1 aromatic rings. The van der Waals surface area contributed by atoms with Crippen molar-refractivity contribution in [1.29, 1.82) is 0 Å². The lowest BCUT2D eigenvalue weighted by Gasteiger charge is -2.35. The summed E-state index contributed by atoms with van der Waals surface area (Å²) in [5.74, 6) is 1.50. The highest BCUT2D eigenvalue weighted by molar-refractivity contribution is 6.03. The summed E-state index contributed by atoms with van der Waals surface area (Å²) >= 11 is 0. The Bertz CT molecular complexity index is 479. The molecule has 1 saturated heterocycles. The number of piperidine rings is 1. The average molecular weight is 277 g/mol. The number of nitrogens with one attached hydrogen (secondary N) is 1. The van der Waals surface area contributed by atoms with Crippen molar-refractivity contribution in [2.45, 2.75) is 26.2 Å². The summed E-state index contributed by atoms with van der Waals surface area (Å²) in [5.41, 5.74) is 0.407. The lowest BCUT2D eigenvalue weighted by molar-refractivity contribution is 0.0714. The molecule has 4 nitrogen and oxygen atoms in total. The van der Waals surface area contributed by atoms with Crippen LogP contribution in [0.2, 0.25) is 0 Å². The first kappa shape index (κ1) is 14.9. The van der Waals surface area contributed by atoms with E-state index in [1.165, 1.54) is 0 Å². The van der Waals surface area contributed by atoms with Crippen LogP contribution in [-0.2, 0) is 0 Å². The van der Waals surface area contributed by atoms with E-state index in [0.717, 1.165) is 32.4 Å². The van der Waals surface area contributed by atoms with Crippen LogP contribution in [0.3, 0.4) is 0 Å². The van der Waals surface area contributed by atoms with Gasteiger partial charge in [-0.15, -0.1) is 0 Å². The molecular formula is C16H23NO3. The second-order valence-electron chi connectivity index (χ2n) is 5.28. The molecule has 1 N–H and O–H groups in total. The van der Waals surface area contributed by atoms with E-state index in [0.29, 0.717) is 17.1 Å². The predicted molar refractivity (Wildman–Crippen MR) is 78.7 cm³/mol. The molecule has 2 rings (SSSR count). The maximum Gasteiger partial charge on any atom is 0.172 e. The SMILES string of the molecule is CCC1(C(=O)c2ccc(OC)cc2OC)CCNCC1. The van der Waals surface area contributed by atoms with Gasteiger partial charge < -0.3 is 14.8 Å². The second-order valence-corrected chi connectivity index (χ2v) is 5.28. The van der Waals surface area contributed by atoms with Crippen molar-refractivity contribution < 1.29 is 14.3 Å². The highest BCUT2D eigenvalue weighted by Gasteiger charge is 2.39. The van der Waals surface area contributed by atoms with Crippen LogP contribution < -0.4 is 14.8 Å². The Morgan fingerprint density at radius 3 is 2.50 bits per heavy atom. The molecule has 0 spiro atoms. The molecule has 1 heterocycles. The molecule has 20 heavy (non-hydrogen) atoms. The summed E-state index contributed by atoms with van der Waals surface area (Å²) in [5, 5.41) is 3.32. The molecule has 0 unspecified atom stereocenters. The van der Waals surface area contributed by atoms with Crippen LogP contribution >= 0.6 is 0 Å². The van der Waals surface area contributed by atoms with Crippen LogP contribution in [0.25, 0.3) is 0 Å². The van der Waals surface area contributed by atoms with E-state index in [4.69, 9.17) is 9.47 Å². The lowest BCUT2D eigenvalue weighted by atomic mass is 9.71. The van der Waals surface area contributed by atoms with Gasteiger partial charge in [0.25, 0.3) is 0 Å². The number of Topliss-reactive ketones (excluding diaryl/α,β-unsaturated/α-hetero) is 1. The van der Waals surface area contributed by atoms with Gasteiger partial charge in [0, 0.05) is 11.5 Å². The number of hydrogen-bond acceptors (Lipinski definition) is 4. The number of ether oxygens (including phenoxy) is 2. The van der Waals surface area contributed by atoms with Crippen LogP contribution in [0.1, 0.15) is 36.5 Å². The van der Waals surface area contributed by atoms with Gasteiger partial charge in [0.15, 0.2) is 5.78 Å². The van der Waals surface area contributed by atoms with E-state index in [1.807, 2.05) is 12.1 Å². The Balaban J connectivity index is 2.36. The molecule has 1 fully saturated rings. The fourth-order valence-electron chi connectivity index (χ4n) is 2.92. The van der Waals surface area contributed by atoms with Crippen LogP contribution in [0.15, 0.2) is 18.2 Å². The van der Waals surface area contributed by atoms with E-state index in [2.05, 4.69) is 12.2 Å². The Kier molecular flexibility index (Phi) is 4.65. The number of ketones is 1. The Hall–Kier alpha value is -1.55. The summed E-state index contributed by atoms with van der Waals surface area (Å²) in [7, 11) is 3.20. The summed E-state index contributed by atoms with van der Waals surface area (Å²) in [6, 6.07) is 5.41. The van der Waals surface area contributed by atoms with Crippen molar-refractivity contribution in [2.75, 3.05) is 27.3 Å². The second kappa shape index (κ2) is 6.27. The molecule has 4 heteroatoms. The molecule has 1 aromatic carbocycles. The van der Waals surface area contributed by atoms with Gasteiger partial charge in [-0.25, -0.2) is 0 Å². The third kappa shape index (κ3) is 2.66. The van der Waals surface area contributed by atoms with E-state index in [9.17, 15) is 4.79 Å². The summed E-state index contributed by atoms with van der Waals surface area (Å²) < 4.78 is 10.6. The Morgan fingerprint density at radius 1 is 1.25 bits per heavy atom. The molecule has 0 atom stereocenters. The third-order valence-corrected chi connectivity index (χ3v) is 4.37. The first-order valence-corrected chi connectivity index (χ1v) is 7.14. The number of hydrogen-bond donors (Lipinski definition) is 1. The minimum absolute atomic E-state index is 0.195. The Labute approximate surface area is 120 Å². The zero-order valence-corrected chi connectivity index (χ0v) is 12.5. The quantitative estimate of drug-likeness (QED) is 0.841. The standard InChI is InChI=1S/C16H23NO3/c1-4-16(7-9-17-10-8-16)15(18)13-6-5-12(19-2)11-14(13)20-3/h5-6,11,17H,4,7-10H2,1-3H3. The van der Waals surface area contributed by atoms with Crippen molar-refractivity contribution in [2.24, 2.45) is 5.41 Å². The molecular weight excluding hydrogens is 254 g/mol. The topological polar surface area (TPSA) is 47.6 Å². The van der Waals surface area contributed by atoms with Gasteiger partial charge >= 0.3 is 0 Å². The molecule has 0 saturated carbocycles.